The van der Waals surface area contributed by atoms with E-state index in [1.807, 2.05) is 0 Å². The first-order chi connectivity index (χ1) is 16.0. The van der Waals surface area contributed by atoms with Gasteiger partial charge in [-0.1, -0.05) is 24.1 Å². The van der Waals surface area contributed by atoms with Crippen molar-refractivity contribution in [3.63, 3.8) is 0 Å². The minimum atomic E-state index is -4.71. The van der Waals surface area contributed by atoms with Crippen molar-refractivity contribution in [3.05, 3.63) is 105 Å². The van der Waals surface area contributed by atoms with E-state index in [2.05, 4.69) is 10.6 Å². The molecule has 0 fully saturated rings. The number of alkyl halides is 3. The molecule has 4 rings (SSSR count). The van der Waals surface area contributed by atoms with Gasteiger partial charge >= 0.3 is 11.8 Å². The zero-order valence-corrected chi connectivity index (χ0v) is 18.2. The standard InChI is InChI=1S/C25H16F3NO4S/c1-2-16-3-8-19(9-4-16)29-34(31,32)20-10-5-17(6-11-20)13-18-7-12-23-21(14-18)22(25(26,27)28)15-24(30)33-23/h1,3-12,14-15,29H,13H2. The average molecular weight is 483 g/mol. The van der Waals surface area contributed by atoms with Crippen molar-refractivity contribution in [1.29, 1.82) is 0 Å². The molecule has 0 bridgehead atoms. The summed E-state index contributed by atoms with van der Waals surface area (Å²) >= 11 is 0. The summed E-state index contributed by atoms with van der Waals surface area (Å²) in [6.45, 7) is 0. The molecule has 0 unspecified atom stereocenters. The zero-order chi connectivity index (χ0) is 24.5. The van der Waals surface area contributed by atoms with E-state index in [9.17, 15) is 26.4 Å². The summed E-state index contributed by atoms with van der Waals surface area (Å²) in [7, 11) is -3.85. The Bertz CT molecular complexity index is 1560. The second kappa shape index (κ2) is 8.72. The number of terminal acetylenes is 1. The van der Waals surface area contributed by atoms with E-state index in [-0.39, 0.29) is 22.3 Å². The van der Waals surface area contributed by atoms with Crippen LogP contribution in [0.1, 0.15) is 22.3 Å². The van der Waals surface area contributed by atoms with Gasteiger partial charge in [0.05, 0.1) is 10.5 Å². The fourth-order valence-corrected chi connectivity index (χ4v) is 4.48. The lowest BCUT2D eigenvalue weighted by Gasteiger charge is -2.11. The highest BCUT2D eigenvalue weighted by molar-refractivity contribution is 7.92. The largest absolute Gasteiger partial charge is 0.423 e. The molecule has 0 aliphatic carbocycles. The minimum absolute atomic E-state index is 0.0249. The van der Waals surface area contributed by atoms with Gasteiger partial charge in [-0.2, -0.15) is 13.2 Å². The van der Waals surface area contributed by atoms with E-state index >= 15 is 0 Å². The second-order valence-electron chi connectivity index (χ2n) is 7.46. The van der Waals surface area contributed by atoms with Crippen LogP contribution in [0.5, 0.6) is 0 Å². The molecule has 0 amide bonds. The van der Waals surface area contributed by atoms with Crippen LogP contribution in [0.4, 0.5) is 18.9 Å². The van der Waals surface area contributed by atoms with Crippen LogP contribution in [-0.4, -0.2) is 8.42 Å². The fourth-order valence-electron chi connectivity index (χ4n) is 3.43. The Morgan fingerprint density at radius 1 is 0.912 bits per heavy atom. The topological polar surface area (TPSA) is 76.4 Å². The summed E-state index contributed by atoms with van der Waals surface area (Å²) in [6, 6.07) is 16.9. The first kappa shape index (κ1) is 23.1. The van der Waals surface area contributed by atoms with Gasteiger partial charge in [-0.15, -0.1) is 6.42 Å². The molecule has 0 radical (unpaired) electrons. The van der Waals surface area contributed by atoms with Crippen LogP contribution < -0.4 is 10.3 Å². The molecule has 4 aromatic rings. The monoisotopic (exact) mass is 483 g/mol. The Labute approximate surface area is 192 Å². The zero-order valence-electron chi connectivity index (χ0n) is 17.4. The van der Waals surface area contributed by atoms with E-state index < -0.39 is 27.4 Å². The van der Waals surface area contributed by atoms with Crippen LogP contribution in [0.3, 0.4) is 0 Å². The molecule has 0 aliphatic rings. The third-order valence-corrected chi connectivity index (χ3v) is 6.46. The highest BCUT2D eigenvalue weighted by Crippen LogP contribution is 2.34. The van der Waals surface area contributed by atoms with Crippen molar-refractivity contribution in [1.82, 2.24) is 0 Å². The van der Waals surface area contributed by atoms with Gasteiger partial charge in [0, 0.05) is 22.7 Å². The van der Waals surface area contributed by atoms with Crippen molar-refractivity contribution in [2.75, 3.05) is 4.72 Å². The maximum Gasteiger partial charge on any atom is 0.417 e. The van der Waals surface area contributed by atoms with Gasteiger partial charge in [0.2, 0.25) is 0 Å². The van der Waals surface area contributed by atoms with E-state index in [4.69, 9.17) is 10.8 Å². The lowest BCUT2D eigenvalue weighted by molar-refractivity contribution is -0.136. The van der Waals surface area contributed by atoms with Crippen LogP contribution in [-0.2, 0) is 22.6 Å². The number of hydrogen-bond acceptors (Lipinski definition) is 4. The van der Waals surface area contributed by atoms with Gasteiger partial charge in [-0.05, 0) is 66.1 Å². The highest BCUT2D eigenvalue weighted by atomic mass is 32.2. The molecule has 1 aromatic heterocycles. The SMILES string of the molecule is C#Cc1ccc(NS(=O)(=O)c2ccc(Cc3ccc4oc(=O)cc(C(F)(F)F)c4c3)cc2)cc1. The third kappa shape index (κ3) is 4.97. The molecular formula is C25H16F3NO4S. The fraction of sp³-hybridized carbons (Fsp3) is 0.0800. The summed E-state index contributed by atoms with van der Waals surface area (Å²) in [5, 5.41) is -0.219. The first-order valence-corrected chi connectivity index (χ1v) is 11.4. The van der Waals surface area contributed by atoms with Crippen molar-refractivity contribution in [3.8, 4) is 12.3 Å². The van der Waals surface area contributed by atoms with Crippen LogP contribution in [0, 0.1) is 12.3 Å². The lowest BCUT2D eigenvalue weighted by atomic mass is 10.0. The summed E-state index contributed by atoms with van der Waals surface area (Å²) in [4.78, 5) is 11.5. The number of benzene rings is 3. The number of anilines is 1. The van der Waals surface area contributed by atoms with Crippen LogP contribution in [0.2, 0.25) is 0 Å². The van der Waals surface area contributed by atoms with E-state index in [0.29, 0.717) is 28.4 Å². The number of hydrogen-bond donors (Lipinski definition) is 1. The van der Waals surface area contributed by atoms with Crippen molar-refractivity contribution >= 4 is 26.7 Å². The lowest BCUT2D eigenvalue weighted by Crippen LogP contribution is -2.13. The maximum atomic E-state index is 13.4. The van der Waals surface area contributed by atoms with E-state index in [0.717, 1.165) is 0 Å². The van der Waals surface area contributed by atoms with Gasteiger partial charge in [-0.3, -0.25) is 4.72 Å². The molecule has 1 N–H and O–H groups in total. The Morgan fingerprint density at radius 3 is 2.18 bits per heavy atom. The molecule has 172 valence electrons. The average Bonchev–Trinajstić information content (AvgIpc) is 2.79. The molecule has 0 saturated carbocycles. The molecule has 1 heterocycles. The smallest absolute Gasteiger partial charge is 0.417 e. The molecule has 0 atom stereocenters. The van der Waals surface area contributed by atoms with Crippen LogP contribution >= 0.6 is 0 Å². The normalized spacial score (nSPS) is 11.8. The van der Waals surface area contributed by atoms with Gasteiger partial charge in [0.1, 0.15) is 5.58 Å². The molecule has 0 saturated heterocycles. The third-order valence-electron chi connectivity index (χ3n) is 5.06. The molecule has 9 heteroatoms. The van der Waals surface area contributed by atoms with Gasteiger partial charge in [0.15, 0.2) is 0 Å². The number of sulfonamides is 1. The van der Waals surface area contributed by atoms with Crippen LogP contribution in [0.25, 0.3) is 11.0 Å². The summed E-state index contributed by atoms with van der Waals surface area (Å²) in [5.74, 6) is 2.45. The Morgan fingerprint density at radius 2 is 1.56 bits per heavy atom. The molecule has 0 spiro atoms. The number of halogens is 3. The second-order valence-corrected chi connectivity index (χ2v) is 9.14. The molecule has 5 nitrogen and oxygen atoms in total. The molecule has 34 heavy (non-hydrogen) atoms. The highest BCUT2D eigenvalue weighted by Gasteiger charge is 2.33. The Balaban J connectivity index is 1.57. The first-order valence-electron chi connectivity index (χ1n) is 9.87. The van der Waals surface area contributed by atoms with Crippen molar-refractivity contribution < 1.29 is 26.0 Å². The Kier molecular flexibility index (Phi) is 5.94. The quantitative estimate of drug-likeness (QED) is 0.313. The predicted octanol–water partition coefficient (Wildman–Crippen LogP) is 5.18. The predicted molar refractivity (Wildman–Crippen MR) is 122 cm³/mol. The van der Waals surface area contributed by atoms with Crippen LogP contribution in [0.15, 0.2) is 86.9 Å². The summed E-state index contributed by atoms with van der Waals surface area (Å²) in [6.07, 6.45) is 0.824. The number of nitrogens with one attached hydrogen (secondary N) is 1. The summed E-state index contributed by atoms with van der Waals surface area (Å²) in [5.41, 5.74) is -0.117. The van der Waals surface area contributed by atoms with Crippen molar-refractivity contribution in [2.45, 2.75) is 17.5 Å². The van der Waals surface area contributed by atoms with Crippen molar-refractivity contribution in [2.24, 2.45) is 0 Å². The molecular weight excluding hydrogens is 467 g/mol. The van der Waals surface area contributed by atoms with Gasteiger partial charge in [0.25, 0.3) is 10.0 Å². The molecule has 3 aromatic carbocycles. The summed E-state index contributed by atoms with van der Waals surface area (Å²) < 4.78 is 72.7. The molecule has 0 aliphatic heterocycles. The Hall–Kier alpha value is -4.03. The van der Waals surface area contributed by atoms with E-state index in [1.165, 1.54) is 24.3 Å². The maximum absolute atomic E-state index is 13.4. The van der Waals surface area contributed by atoms with E-state index in [1.54, 1.807) is 42.5 Å². The number of fused-ring (bicyclic) bond motifs is 1. The van der Waals surface area contributed by atoms with Gasteiger partial charge in [-0.25, -0.2) is 13.2 Å². The number of rotatable bonds is 5. The van der Waals surface area contributed by atoms with Gasteiger partial charge < -0.3 is 4.42 Å². The minimum Gasteiger partial charge on any atom is -0.423 e.